The number of hydrogen-bond donors (Lipinski definition) is 2. The van der Waals surface area contributed by atoms with Gasteiger partial charge in [-0.1, -0.05) is 0 Å². The average molecular weight is 238 g/mol. The number of urea groups is 1. The second kappa shape index (κ2) is 4.82. The van der Waals surface area contributed by atoms with Crippen LogP contribution in [0.4, 0.5) is 4.79 Å². The average Bonchev–Trinajstić information content (AvgIpc) is 2.94. The fraction of sp³-hybridized carbons (Fsp3) is 0.917. The molecule has 0 aromatic carbocycles. The normalized spacial score (nSPS) is 30.0. The summed E-state index contributed by atoms with van der Waals surface area (Å²) in [4.78, 5) is 15.8. The van der Waals surface area contributed by atoms with E-state index < -0.39 is 0 Å². The molecule has 1 unspecified atom stereocenters. The molecule has 5 heteroatoms. The minimum absolute atomic E-state index is 0.0952. The van der Waals surface area contributed by atoms with Gasteiger partial charge in [-0.3, -0.25) is 4.90 Å². The highest BCUT2D eigenvalue weighted by atomic mass is 16.2. The Kier molecular flexibility index (Phi) is 3.20. The van der Waals surface area contributed by atoms with E-state index in [0.717, 1.165) is 32.2 Å². The molecule has 1 atom stereocenters. The maximum absolute atomic E-state index is 11.3. The van der Waals surface area contributed by atoms with Crippen LogP contribution in [0, 0.1) is 0 Å². The summed E-state index contributed by atoms with van der Waals surface area (Å²) in [5.74, 6) is 0. The Balaban J connectivity index is 1.33. The van der Waals surface area contributed by atoms with Gasteiger partial charge in [0.1, 0.15) is 0 Å². The standard InChI is InChI=1S/C12H22N4O/c17-12-14-5-8-15(12)7-4-13-10-3-6-16(9-10)11-1-2-11/h10-11,13H,1-9H2,(H,14,17). The lowest BCUT2D eigenvalue weighted by Gasteiger charge is -2.18. The van der Waals surface area contributed by atoms with Gasteiger partial charge in [-0.2, -0.15) is 0 Å². The molecule has 0 radical (unpaired) electrons. The number of amides is 2. The van der Waals surface area contributed by atoms with Gasteiger partial charge in [0.2, 0.25) is 0 Å². The maximum atomic E-state index is 11.3. The molecule has 0 spiro atoms. The van der Waals surface area contributed by atoms with Crippen molar-refractivity contribution in [2.45, 2.75) is 31.3 Å². The van der Waals surface area contributed by atoms with Crippen molar-refractivity contribution in [1.82, 2.24) is 20.4 Å². The zero-order valence-electron chi connectivity index (χ0n) is 10.3. The van der Waals surface area contributed by atoms with Gasteiger partial charge < -0.3 is 15.5 Å². The number of nitrogens with one attached hydrogen (secondary N) is 2. The Labute approximate surface area is 103 Å². The molecule has 0 bridgehead atoms. The SMILES string of the molecule is O=C1NCCN1CCNC1CCN(C2CC2)C1. The molecule has 2 aliphatic heterocycles. The van der Waals surface area contributed by atoms with Crippen molar-refractivity contribution < 1.29 is 4.79 Å². The maximum Gasteiger partial charge on any atom is 0.317 e. The lowest BCUT2D eigenvalue weighted by molar-refractivity contribution is 0.216. The Morgan fingerprint density at radius 3 is 2.88 bits per heavy atom. The first-order valence-corrected chi connectivity index (χ1v) is 6.83. The van der Waals surface area contributed by atoms with E-state index in [4.69, 9.17) is 0 Å². The molecule has 2 saturated heterocycles. The van der Waals surface area contributed by atoms with Crippen LogP contribution in [-0.4, -0.2) is 67.2 Å². The van der Waals surface area contributed by atoms with Crippen LogP contribution >= 0.6 is 0 Å². The largest absolute Gasteiger partial charge is 0.336 e. The first-order chi connectivity index (χ1) is 8.33. The summed E-state index contributed by atoms with van der Waals surface area (Å²) in [6, 6.07) is 1.63. The van der Waals surface area contributed by atoms with Crippen LogP contribution in [-0.2, 0) is 0 Å². The van der Waals surface area contributed by atoms with Crippen LogP contribution in [0.25, 0.3) is 0 Å². The first kappa shape index (κ1) is 11.3. The molecule has 5 nitrogen and oxygen atoms in total. The predicted molar refractivity (Wildman–Crippen MR) is 66.0 cm³/mol. The van der Waals surface area contributed by atoms with Gasteiger partial charge in [-0.15, -0.1) is 0 Å². The third-order valence-electron chi connectivity index (χ3n) is 4.04. The molecule has 2 heterocycles. The smallest absolute Gasteiger partial charge is 0.317 e. The molecule has 1 aliphatic carbocycles. The number of carbonyl (C=O) groups excluding carboxylic acids is 1. The van der Waals surface area contributed by atoms with Crippen LogP contribution < -0.4 is 10.6 Å². The van der Waals surface area contributed by atoms with Crippen molar-refractivity contribution in [3.05, 3.63) is 0 Å². The topological polar surface area (TPSA) is 47.6 Å². The van der Waals surface area contributed by atoms with Crippen LogP contribution in [0.5, 0.6) is 0 Å². The van der Waals surface area contributed by atoms with Gasteiger partial charge in [0.25, 0.3) is 0 Å². The second-order valence-corrected chi connectivity index (χ2v) is 5.38. The van der Waals surface area contributed by atoms with Gasteiger partial charge in [0.15, 0.2) is 0 Å². The van der Waals surface area contributed by atoms with Crippen LogP contribution in [0.15, 0.2) is 0 Å². The highest BCUT2D eigenvalue weighted by Crippen LogP contribution is 2.29. The quantitative estimate of drug-likeness (QED) is 0.699. The summed E-state index contributed by atoms with van der Waals surface area (Å²) in [6.07, 6.45) is 4.07. The third kappa shape index (κ3) is 2.72. The van der Waals surface area contributed by atoms with Gasteiger partial charge >= 0.3 is 6.03 Å². The van der Waals surface area contributed by atoms with Gasteiger partial charge in [-0.05, 0) is 19.3 Å². The molecule has 1 saturated carbocycles. The van der Waals surface area contributed by atoms with Gasteiger partial charge in [0.05, 0.1) is 0 Å². The highest BCUT2D eigenvalue weighted by molar-refractivity contribution is 5.76. The number of carbonyl (C=O) groups is 1. The van der Waals surface area contributed by atoms with Crippen LogP contribution in [0.2, 0.25) is 0 Å². The van der Waals surface area contributed by atoms with Gasteiger partial charge in [0, 0.05) is 51.4 Å². The first-order valence-electron chi connectivity index (χ1n) is 6.83. The highest BCUT2D eigenvalue weighted by Gasteiger charge is 2.34. The van der Waals surface area contributed by atoms with Crippen molar-refractivity contribution in [3.8, 4) is 0 Å². The molecule has 17 heavy (non-hydrogen) atoms. The predicted octanol–water partition coefficient (Wildman–Crippen LogP) is -0.162. The Morgan fingerprint density at radius 1 is 1.29 bits per heavy atom. The van der Waals surface area contributed by atoms with E-state index in [0.29, 0.717) is 6.04 Å². The monoisotopic (exact) mass is 238 g/mol. The Morgan fingerprint density at radius 2 is 2.18 bits per heavy atom. The molecule has 3 fully saturated rings. The van der Waals surface area contributed by atoms with E-state index in [-0.39, 0.29) is 6.03 Å². The molecular formula is C12H22N4O. The van der Waals surface area contributed by atoms with Crippen LogP contribution in [0.1, 0.15) is 19.3 Å². The molecule has 2 amide bonds. The van der Waals surface area contributed by atoms with E-state index in [9.17, 15) is 4.79 Å². The number of nitrogens with zero attached hydrogens (tertiary/aromatic N) is 2. The zero-order chi connectivity index (χ0) is 11.7. The van der Waals surface area contributed by atoms with Crippen molar-refractivity contribution in [1.29, 1.82) is 0 Å². The molecule has 0 aromatic heterocycles. The minimum atomic E-state index is 0.0952. The molecule has 3 aliphatic rings. The minimum Gasteiger partial charge on any atom is -0.336 e. The Hall–Kier alpha value is -0.810. The second-order valence-electron chi connectivity index (χ2n) is 5.38. The fourth-order valence-electron chi connectivity index (χ4n) is 2.85. The summed E-state index contributed by atoms with van der Waals surface area (Å²) < 4.78 is 0. The molecule has 3 rings (SSSR count). The summed E-state index contributed by atoms with van der Waals surface area (Å²) in [5, 5.41) is 6.41. The lowest BCUT2D eigenvalue weighted by atomic mass is 10.2. The van der Waals surface area contributed by atoms with Gasteiger partial charge in [-0.25, -0.2) is 4.79 Å². The zero-order valence-corrected chi connectivity index (χ0v) is 10.3. The summed E-state index contributed by atoms with van der Waals surface area (Å²) in [5.41, 5.74) is 0. The van der Waals surface area contributed by atoms with Crippen molar-refractivity contribution in [2.75, 3.05) is 39.3 Å². The number of rotatable bonds is 5. The van der Waals surface area contributed by atoms with E-state index in [1.807, 2.05) is 4.90 Å². The van der Waals surface area contributed by atoms with Crippen molar-refractivity contribution >= 4 is 6.03 Å². The fourth-order valence-corrected chi connectivity index (χ4v) is 2.85. The van der Waals surface area contributed by atoms with E-state index in [1.54, 1.807) is 0 Å². The molecule has 96 valence electrons. The van der Waals surface area contributed by atoms with E-state index in [1.165, 1.54) is 32.4 Å². The molecular weight excluding hydrogens is 216 g/mol. The lowest BCUT2D eigenvalue weighted by Crippen LogP contribution is -2.40. The number of hydrogen-bond acceptors (Lipinski definition) is 3. The summed E-state index contributed by atoms with van der Waals surface area (Å²) >= 11 is 0. The summed E-state index contributed by atoms with van der Waals surface area (Å²) in [6.45, 7) is 5.89. The van der Waals surface area contributed by atoms with E-state index >= 15 is 0 Å². The van der Waals surface area contributed by atoms with E-state index in [2.05, 4.69) is 15.5 Å². The van der Waals surface area contributed by atoms with Crippen molar-refractivity contribution in [3.63, 3.8) is 0 Å². The van der Waals surface area contributed by atoms with Crippen LogP contribution in [0.3, 0.4) is 0 Å². The van der Waals surface area contributed by atoms with Crippen molar-refractivity contribution in [2.24, 2.45) is 0 Å². The Bertz CT molecular complexity index is 292. The molecule has 0 aromatic rings. The summed E-state index contributed by atoms with van der Waals surface area (Å²) in [7, 11) is 0. The number of likely N-dealkylation sites (tertiary alicyclic amines) is 1. The molecule has 2 N–H and O–H groups in total. The third-order valence-corrected chi connectivity index (χ3v) is 4.04.